The van der Waals surface area contributed by atoms with Crippen molar-refractivity contribution in [2.75, 3.05) is 0 Å². The lowest BCUT2D eigenvalue weighted by Gasteiger charge is -2.08. The first-order valence-corrected chi connectivity index (χ1v) is 7.15. The van der Waals surface area contributed by atoms with E-state index in [-0.39, 0.29) is 5.39 Å². The molecule has 2 heterocycles. The van der Waals surface area contributed by atoms with E-state index in [1.165, 1.54) is 12.1 Å². The summed E-state index contributed by atoms with van der Waals surface area (Å²) in [5, 5.41) is 20.9. The van der Waals surface area contributed by atoms with Crippen molar-refractivity contribution >= 4 is 21.6 Å². The second-order valence-corrected chi connectivity index (χ2v) is 5.60. The maximum Gasteiger partial charge on any atom is 0.416 e. The Morgan fingerprint density at radius 1 is 1.22 bits per heavy atom. The van der Waals surface area contributed by atoms with Gasteiger partial charge in [0.15, 0.2) is 5.56 Å². The molecule has 0 spiro atoms. The molecule has 0 aliphatic carbocycles. The van der Waals surface area contributed by atoms with Gasteiger partial charge in [-0.05, 0) is 17.7 Å². The summed E-state index contributed by atoms with van der Waals surface area (Å²) in [5.74, 6) is -0.470. The van der Waals surface area contributed by atoms with Crippen molar-refractivity contribution < 1.29 is 18.3 Å². The van der Waals surface area contributed by atoms with Crippen LogP contribution in [-0.2, 0) is 6.18 Å². The topological polar surface area (TPSA) is 76.9 Å². The molecule has 116 valence electrons. The lowest BCUT2D eigenvalue weighted by molar-refractivity contribution is -0.137. The second-order valence-electron chi connectivity index (χ2n) is 4.72. The number of hydrogen-bond acceptors (Lipinski definition) is 4. The molecule has 0 fully saturated rings. The highest BCUT2D eigenvalue weighted by Crippen LogP contribution is 2.39. The number of aromatic hydroxyl groups is 1. The van der Waals surface area contributed by atoms with Crippen LogP contribution in [0.5, 0.6) is 5.75 Å². The molecule has 1 aromatic carbocycles. The summed E-state index contributed by atoms with van der Waals surface area (Å²) in [5.41, 5.74) is -1.03. The van der Waals surface area contributed by atoms with Gasteiger partial charge < -0.3 is 10.1 Å². The highest BCUT2D eigenvalue weighted by Gasteiger charge is 2.30. The first-order valence-electron chi connectivity index (χ1n) is 6.27. The summed E-state index contributed by atoms with van der Waals surface area (Å²) in [6.45, 7) is 0. The average Bonchev–Trinajstić information content (AvgIpc) is 2.91. The number of hydrogen-bond donors (Lipinski definition) is 2. The van der Waals surface area contributed by atoms with E-state index >= 15 is 0 Å². The van der Waals surface area contributed by atoms with E-state index in [0.29, 0.717) is 16.0 Å². The van der Waals surface area contributed by atoms with Crippen LogP contribution in [0.25, 0.3) is 21.3 Å². The van der Waals surface area contributed by atoms with Crippen LogP contribution in [-0.4, -0.2) is 10.1 Å². The fourth-order valence-corrected chi connectivity index (χ4v) is 3.20. The Kier molecular flexibility index (Phi) is 3.38. The summed E-state index contributed by atoms with van der Waals surface area (Å²) in [6, 6.07) is 6.05. The zero-order chi connectivity index (χ0) is 16.8. The van der Waals surface area contributed by atoms with E-state index in [9.17, 15) is 23.1 Å². The minimum Gasteiger partial charge on any atom is -0.506 e. The molecule has 2 aromatic heterocycles. The molecule has 2 N–H and O–H groups in total. The Morgan fingerprint density at radius 3 is 2.43 bits per heavy atom. The summed E-state index contributed by atoms with van der Waals surface area (Å²) in [6.07, 6.45) is -4.43. The number of aromatic amines is 1. The van der Waals surface area contributed by atoms with Crippen LogP contribution >= 0.6 is 11.3 Å². The Bertz CT molecular complexity index is 995. The zero-order valence-electron chi connectivity index (χ0n) is 11.2. The monoisotopic (exact) mass is 336 g/mol. The van der Waals surface area contributed by atoms with Crippen LogP contribution in [0.15, 0.2) is 34.4 Å². The number of halogens is 3. The average molecular weight is 336 g/mol. The molecule has 3 aromatic rings. The van der Waals surface area contributed by atoms with Crippen molar-refractivity contribution in [3.05, 3.63) is 51.1 Å². The van der Waals surface area contributed by atoms with Gasteiger partial charge in [-0.3, -0.25) is 4.79 Å². The van der Waals surface area contributed by atoms with Crippen molar-refractivity contribution in [3.63, 3.8) is 0 Å². The van der Waals surface area contributed by atoms with Gasteiger partial charge >= 0.3 is 6.18 Å². The number of nitriles is 1. The number of aromatic nitrogens is 1. The van der Waals surface area contributed by atoms with Crippen molar-refractivity contribution in [1.29, 1.82) is 5.26 Å². The molecule has 0 aliphatic heterocycles. The Morgan fingerprint density at radius 2 is 1.87 bits per heavy atom. The number of benzene rings is 1. The van der Waals surface area contributed by atoms with Crippen LogP contribution < -0.4 is 5.56 Å². The van der Waals surface area contributed by atoms with E-state index in [0.717, 1.165) is 23.5 Å². The minimum atomic E-state index is -4.43. The maximum absolute atomic E-state index is 12.6. The Labute approximate surface area is 131 Å². The first-order chi connectivity index (χ1) is 10.8. The van der Waals surface area contributed by atoms with Gasteiger partial charge in [0.25, 0.3) is 5.56 Å². The molecule has 0 bridgehead atoms. The Hall–Kier alpha value is -2.79. The molecule has 0 atom stereocenters. The van der Waals surface area contributed by atoms with Gasteiger partial charge in [-0.15, -0.1) is 11.3 Å². The summed E-state index contributed by atoms with van der Waals surface area (Å²) < 4.78 is 37.8. The number of nitrogens with zero attached hydrogens (tertiary/aromatic N) is 1. The van der Waals surface area contributed by atoms with E-state index in [1.807, 2.05) is 0 Å². The predicted octanol–water partition coefficient (Wildman–Crippen LogP) is 3.85. The second kappa shape index (κ2) is 5.14. The molecule has 8 heteroatoms. The van der Waals surface area contributed by atoms with Gasteiger partial charge in [-0.1, -0.05) is 12.1 Å². The number of pyridine rings is 1. The molecule has 0 radical (unpaired) electrons. The van der Waals surface area contributed by atoms with Gasteiger partial charge in [0.2, 0.25) is 0 Å². The molecule has 0 saturated carbocycles. The van der Waals surface area contributed by atoms with Crippen LogP contribution in [0.3, 0.4) is 0 Å². The number of nitrogens with one attached hydrogen (secondary N) is 1. The first kappa shape index (κ1) is 15.1. The molecule has 3 rings (SSSR count). The largest absolute Gasteiger partial charge is 0.506 e. The van der Waals surface area contributed by atoms with Crippen molar-refractivity contribution in [3.8, 4) is 22.9 Å². The fourth-order valence-electron chi connectivity index (χ4n) is 2.24. The third kappa shape index (κ3) is 2.45. The summed E-state index contributed by atoms with van der Waals surface area (Å²) >= 11 is 1.12. The minimum absolute atomic E-state index is 0.242. The van der Waals surface area contributed by atoms with Gasteiger partial charge in [-0.25, -0.2) is 0 Å². The third-order valence-corrected chi connectivity index (χ3v) is 4.25. The highest BCUT2D eigenvalue weighted by atomic mass is 32.1. The van der Waals surface area contributed by atoms with E-state index in [1.54, 1.807) is 11.4 Å². The fraction of sp³-hybridized carbons (Fsp3) is 0.0667. The molecule has 4 nitrogen and oxygen atoms in total. The van der Waals surface area contributed by atoms with Crippen molar-refractivity contribution in [2.24, 2.45) is 0 Å². The van der Waals surface area contributed by atoms with E-state index in [4.69, 9.17) is 5.26 Å². The Balaban J connectivity index is 2.22. The van der Waals surface area contributed by atoms with Crippen LogP contribution in [0.4, 0.5) is 13.2 Å². The van der Waals surface area contributed by atoms with Crippen molar-refractivity contribution in [1.82, 2.24) is 4.98 Å². The van der Waals surface area contributed by atoms with Crippen molar-refractivity contribution in [2.45, 2.75) is 6.18 Å². The number of rotatable bonds is 1. The smallest absolute Gasteiger partial charge is 0.416 e. The molecule has 23 heavy (non-hydrogen) atoms. The van der Waals surface area contributed by atoms with Crippen LogP contribution in [0, 0.1) is 11.3 Å². The lowest BCUT2D eigenvalue weighted by atomic mass is 10.0. The number of thiophene rings is 1. The normalized spacial score (nSPS) is 11.6. The number of alkyl halides is 3. The lowest BCUT2D eigenvalue weighted by Crippen LogP contribution is -2.09. The van der Waals surface area contributed by atoms with Gasteiger partial charge in [0.1, 0.15) is 16.6 Å². The summed E-state index contributed by atoms with van der Waals surface area (Å²) in [7, 11) is 0. The van der Waals surface area contributed by atoms with Gasteiger partial charge in [0.05, 0.1) is 10.9 Å². The number of fused-ring (bicyclic) bond motifs is 1. The SMILES string of the molecule is N#Cc1c(O)c2c(-c3ccc(C(F)(F)F)cc3)csc2[nH]c1=O. The molecule has 0 unspecified atom stereocenters. The zero-order valence-corrected chi connectivity index (χ0v) is 12.0. The van der Waals surface area contributed by atoms with E-state index in [2.05, 4.69) is 4.98 Å². The maximum atomic E-state index is 12.6. The quantitative estimate of drug-likeness (QED) is 0.708. The van der Waals surface area contributed by atoms with Crippen LogP contribution in [0.1, 0.15) is 11.1 Å². The van der Waals surface area contributed by atoms with Gasteiger partial charge in [-0.2, -0.15) is 18.4 Å². The van der Waals surface area contributed by atoms with E-state index < -0.39 is 28.6 Å². The standard InChI is InChI=1S/C15H7F3N2O2S/c16-15(17,18)8-3-1-7(2-4-8)10-6-23-14-11(10)12(21)9(5-19)13(22)20-14/h1-4,6H,(H2,20,21,22). The van der Waals surface area contributed by atoms with Gasteiger partial charge in [0, 0.05) is 10.9 Å². The summed E-state index contributed by atoms with van der Waals surface area (Å²) in [4.78, 5) is 14.5. The molecular weight excluding hydrogens is 329 g/mol. The van der Waals surface area contributed by atoms with Crippen LogP contribution in [0.2, 0.25) is 0 Å². The number of H-pyrrole nitrogens is 1. The molecule has 0 saturated heterocycles. The molecular formula is C15H7F3N2O2S. The molecule has 0 aliphatic rings. The highest BCUT2D eigenvalue weighted by molar-refractivity contribution is 7.17. The predicted molar refractivity (Wildman–Crippen MR) is 79.3 cm³/mol. The molecule has 0 amide bonds. The third-order valence-electron chi connectivity index (χ3n) is 3.35.